The summed E-state index contributed by atoms with van der Waals surface area (Å²) < 4.78 is 5.66. The van der Waals surface area contributed by atoms with Crippen molar-refractivity contribution in [2.24, 2.45) is 0 Å². The first-order valence-electron chi connectivity index (χ1n) is 5.84. The molecule has 3 N–H and O–H groups in total. The normalized spacial score (nSPS) is 12.6. The second kappa shape index (κ2) is 6.18. The molecule has 0 saturated carbocycles. The van der Waals surface area contributed by atoms with Crippen LogP contribution in [0.15, 0.2) is 28.9 Å². The van der Waals surface area contributed by atoms with Gasteiger partial charge in [-0.3, -0.25) is 4.79 Å². The topological polar surface area (TPSA) is 74.3 Å². The van der Waals surface area contributed by atoms with Crippen LogP contribution in [0.25, 0.3) is 10.9 Å². The van der Waals surface area contributed by atoms with E-state index in [1.807, 2.05) is 18.2 Å². The fourth-order valence-corrected chi connectivity index (χ4v) is 2.46. The zero-order valence-electron chi connectivity index (χ0n) is 10.4. The lowest BCUT2D eigenvalue weighted by molar-refractivity contribution is 0.0610. The standard InChI is InChI=1S/C13H15BrN2O3/c1-19-7-8(17)5-16-13(18)9-6-15-11-4-2-3-10(14)12(9)11/h2-4,6,8,15,17H,5,7H2,1H3,(H,16,18)/t8-/m1/s1. The van der Waals surface area contributed by atoms with Crippen molar-refractivity contribution in [2.45, 2.75) is 6.10 Å². The molecule has 6 heteroatoms. The summed E-state index contributed by atoms with van der Waals surface area (Å²) in [5.74, 6) is -0.228. The van der Waals surface area contributed by atoms with Crippen LogP contribution in [-0.2, 0) is 4.74 Å². The van der Waals surface area contributed by atoms with E-state index in [-0.39, 0.29) is 19.1 Å². The summed E-state index contributed by atoms with van der Waals surface area (Å²) in [4.78, 5) is 15.1. The van der Waals surface area contributed by atoms with Gasteiger partial charge in [0, 0.05) is 35.2 Å². The van der Waals surface area contributed by atoms with Gasteiger partial charge in [0.25, 0.3) is 5.91 Å². The number of carbonyl (C=O) groups is 1. The first kappa shape index (κ1) is 14.0. The van der Waals surface area contributed by atoms with E-state index in [0.29, 0.717) is 5.56 Å². The molecule has 0 radical (unpaired) electrons. The summed E-state index contributed by atoms with van der Waals surface area (Å²) in [5, 5.41) is 13.0. The Bertz CT molecular complexity index is 582. The second-order valence-corrected chi connectivity index (χ2v) is 5.04. The van der Waals surface area contributed by atoms with Crippen LogP contribution in [0.4, 0.5) is 0 Å². The number of hydrogen-bond donors (Lipinski definition) is 3. The van der Waals surface area contributed by atoms with E-state index in [1.165, 1.54) is 7.11 Å². The van der Waals surface area contributed by atoms with E-state index >= 15 is 0 Å². The Morgan fingerprint density at radius 1 is 1.58 bits per heavy atom. The average Bonchev–Trinajstić information content (AvgIpc) is 2.82. The number of fused-ring (bicyclic) bond motifs is 1. The van der Waals surface area contributed by atoms with Crippen LogP contribution >= 0.6 is 15.9 Å². The fraction of sp³-hybridized carbons (Fsp3) is 0.308. The SMILES string of the molecule is COC[C@H](O)CNC(=O)c1c[nH]c2cccc(Br)c12. The maximum absolute atomic E-state index is 12.1. The monoisotopic (exact) mass is 326 g/mol. The molecule has 1 amide bonds. The highest BCUT2D eigenvalue weighted by molar-refractivity contribution is 9.10. The van der Waals surface area contributed by atoms with Gasteiger partial charge in [0.1, 0.15) is 0 Å². The molecule has 1 heterocycles. The van der Waals surface area contributed by atoms with E-state index in [4.69, 9.17) is 4.74 Å². The van der Waals surface area contributed by atoms with E-state index < -0.39 is 6.10 Å². The molecule has 0 bridgehead atoms. The molecule has 0 aliphatic carbocycles. The molecule has 0 aliphatic heterocycles. The number of aromatic amines is 1. The minimum absolute atomic E-state index is 0.157. The number of nitrogens with one attached hydrogen (secondary N) is 2. The molecule has 0 aliphatic rings. The van der Waals surface area contributed by atoms with E-state index in [1.54, 1.807) is 6.20 Å². The highest BCUT2D eigenvalue weighted by Crippen LogP contribution is 2.26. The predicted molar refractivity (Wildman–Crippen MR) is 76.2 cm³/mol. The summed E-state index contributed by atoms with van der Waals surface area (Å²) in [6.07, 6.45) is 0.954. The molecule has 2 aromatic rings. The smallest absolute Gasteiger partial charge is 0.253 e. The number of ether oxygens (including phenoxy) is 1. The van der Waals surface area contributed by atoms with Crippen LogP contribution in [0.1, 0.15) is 10.4 Å². The summed E-state index contributed by atoms with van der Waals surface area (Å²) in [6.45, 7) is 0.349. The van der Waals surface area contributed by atoms with Gasteiger partial charge in [-0.2, -0.15) is 0 Å². The zero-order valence-corrected chi connectivity index (χ0v) is 12.0. The Hall–Kier alpha value is -1.37. The van der Waals surface area contributed by atoms with Gasteiger partial charge in [-0.25, -0.2) is 0 Å². The molecule has 19 heavy (non-hydrogen) atoms. The molecule has 0 spiro atoms. The maximum Gasteiger partial charge on any atom is 0.253 e. The number of methoxy groups -OCH3 is 1. The molecule has 0 unspecified atom stereocenters. The molecular formula is C13H15BrN2O3. The van der Waals surface area contributed by atoms with Gasteiger partial charge >= 0.3 is 0 Å². The van der Waals surface area contributed by atoms with Gasteiger partial charge in [-0.15, -0.1) is 0 Å². The highest BCUT2D eigenvalue weighted by atomic mass is 79.9. The maximum atomic E-state index is 12.1. The van der Waals surface area contributed by atoms with Crippen molar-refractivity contribution in [1.29, 1.82) is 0 Å². The van der Waals surface area contributed by atoms with Crippen molar-refractivity contribution >= 4 is 32.7 Å². The highest BCUT2D eigenvalue weighted by Gasteiger charge is 2.15. The number of amides is 1. The Morgan fingerprint density at radius 2 is 2.37 bits per heavy atom. The van der Waals surface area contributed by atoms with Crippen molar-refractivity contribution in [3.63, 3.8) is 0 Å². The lowest BCUT2D eigenvalue weighted by Gasteiger charge is -2.10. The molecule has 0 fully saturated rings. The van der Waals surface area contributed by atoms with Gasteiger partial charge in [-0.05, 0) is 12.1 Å². The van der Waals surface area contributed by atoms with Crippen LogP contribution in [0.2, 0.25) is 0 Å². The summed E-state index contributed by atoms with van der Waals surface area (Å²) in [6, 6.07) is 5.68. The minimum Gasteiger partial charge on any atom is -0.389 e. The minimum atomic E-state index is -0.706. The van der Waals surface area contributed by atoms with Crippen LogP contribution in [0, 0.1) is 0 Å². The number of aliphatic hydroxyl groups excluding tert-OH is 1. The molecule has 1 atom stereocenters. The summed E-state index contributed by atoms with van der Waals surface area (Å²) in [5.41, 5.74) is 1.43. The number of H-pyrrole nitrogens is 1. The second-order valence-electron chi connectivity index (χ2n) is 4.18. The Kier molecular flexibility index (Phi) is 4.57. The van der Waals surface area contributed by atoms with Crippen LogP contribution in [0.3, 0.4) is 0 Å². The van der Waals surface area contributed by atoms with Crippen molar-refractivity contribution in [2.75, 3.05) is 20.3 Å². The third-order valence-electron chi connectivity index (χ3n) is 2.76. The Morgan fingerprint density at radius 3 is 3.11 bits per heavy atom. The van der Waals surface area contributed by atoms with E-state index in [9.17, 15) is 9.90 Å². The van der Waals surface area contributed by atoms with Gasteiger partial charge < -0.3 is 20.1 Å². The van der Waals surface area contributed by atoms with Crippen LogP contribution in [-0.4, -0.2) is 42.4 Å². The lowest BCUT2D eigenvalue weighted by Crippen LogP contribution is -2.34. The molecule has 1 aromatic heterocycles. The lowest BCUT2D eigenvalue weighted by atomic mass is 10.1. The quantitative estimate of drug-likeness (QED) is 0.782. The predicted octanol–water partition coefficient (Wildman–Crippen LogP) is 1.67. The van der Waals surface area contributed by atoms with Crippen molar-refractivity contribution in [3.05, 3.63) is 34.4 Å². The van der Waals surface area contributed by atoms with E-state index in [2.05, 4.69) is 26.2 Å². The van der Waals surface area contributed by atoms with Crippen molar-refractivity contribution in [3.8, 4) is 0 Å². The number of carbonyl (C=O) groups excluding carboxylic acids is 1. The van der Waals surface area contributed by atoms with Gasteiger partial charge in [-0.1, -0.05) is 22.0 Å². The van der Waals surface area contributed by atoms with Crippen molar-refractivity contribution in [1.82, 2.24) is 10.3 Å². The number of aromatic nitrogens is 1. The van der Waals surface area contributed by atoms with Gasteiger partial charge in [0.2, 0.25) is 0 Å². The fourth-order valence-electron chi connectivity index (χ4n) is 1.88. The largest absolute Gasteiger partial charge is 0.389 e. The zero-order chi connectivity index (χ0) is 13.8. The summed E-state index contributed by atoms with van der Waals surface area (Å²) >= 11 is 3.43. The molecule has 5 nitrogen and oxygen atoms in total. The van der Waals surface area contributed by atoms with Gasteiger partial charge in [0.05, 0.1) is 18.3 Å². The number of hydrogen-bond acceptors (Lipinski definition) is 3. The van der Waals surface area contributed by atoms with Crippen molar-refractivity contribution < 1.29 is 14.6 Å². The molecule has 0 saturated heterocycles. The van der Waals surface area contributed by atoms with Gasteiger partial charge in [0.15, 0.2) is 0 Å². The third-order valence-corrected chi connectivity index (χ3v) is 3.42. The Labute approximate surface area is 119 Å². The third kappa shape index (κ3) is 3.15. The number of rotatable bonds is 5. The number of benzene rings is 1. The Balaban J connectivity index is 2.14. The molecular weight excluding hydrogens is 312 g/mol. The van der Waals surface area contributed by atoms with Crippen LogP contribution in [0.5, 0.6) is 0 Å². The molecule has 102 valence electrons. The number of halogens is 1. The summed E-state index contributed by atoms with van der Waals surface area (Å²) in [7, 11) is 1.50. The average molecular weight is 327 g/mol. The first-order valence-corrected chi connectivity index (χ1v) is 6.63. The van der Waals surface area contributed by atoms with E-state index in [0.717, 1.165) is 15.4 Å². The molecule has 1 aromatic carbocycles. The number of aliphatic hydroxyl groups is 1. The molecule has 2 rings (SSSR count). The first-order chi connectivity index (χ1) is 9.13. The van der Waals surface area contributed by atoms with Crippen LogP contribution < -0.4 is 5.32 Å².